The third-order valence-electron chi connectivity index (χ3n) is 1.57. The van der Waals surface area contributed by atoms with Crippen molar-refractivity contribution in [2.24, 2.45) is 0 Å². The molecule has 0 aromatic heterocycles. The Balaban J connectivity index is 3.22. The van der Waals surface area contributed by atoms with Gasteiger partial charge < -0.3 is 10.2 Å². The lowest BCUT2D eigenvalue weighted by Crippen LogP contribution is -2.11. The second-order valence-electron chi connectivity index (χ2n) is 2.53. The summed E-state index contributed by atoms with van der Waals surface area (Å²) in [6.45, 7) is 0. The van der Waals surface area contributed by atoms with Gasteiger partial charge in [0.05, 0.1) is 5.02 Å². The predicted molar refractivity (Wildman–Crippen MR) is 49.0 cm³/mol. The number of rotatable bonds is 2. The third kappa shape index (κ3) is 2.15. The number of hydrogen-bond acceptors (Lipinski definition) is 2. The molecule has 0 radical (unpaired) electrons. The minimum Gasteiger partial charge on any atom is -0.479 e. The molecule has 0 fully saturated rings. The zero-order valence-electron chi connectivity index (χ0n) is 6.67. The highest BCUT2D eigenvalue weighted by atomic mass is 35.5. The van der Waals surface area contributed by atoms with Gasteiger partial charge in [-0.15, -0.1) is 0 Å². The number of aliphatic hydroxyl groups is 1. The van der Waals surface area contributed by atoms with Crippen molar-refractivity contribution in [2.45, 2.75) is 6.10 Å². The van der Waals surface area contributed by atoms with Gasteiger partial charge in [-0.1, -0.05) is 23.2 Å². The van der Waals surface area contributed by atoms with E-state index in [2.05, 4.69) is 0 Å². The zero-order valence-corrected chi connectivity index (χ0v) is 8.18. The Kier molecular flexibility index (Phi) is 3.31. The predicted octanol–water partition coefficient (Wildman–Crippen LogP) is 2.25. The van der Waals surface area contributed by atoms with Crippen molar-refractivity contribution in [2.75, 3.05) is 0 Å². The minimum atomic E-state index is -1.81. The molecule has 0 saturated carbocycles. The fourth-order valence-corrected chi connectivity index (χ4v) is 1.31. The fourth-order valence-electron chi connectivity index (χ4n) is 0.881. The van der Waals surface area contributed by atoms with E-state index in [1.165, 1.54) is 0 Å². The quantitative estimate of drug-likeness (QED) is 0.778. The topological polar surface area (TPSA) is 57.5 Å². The van der Waals surface area contributed by atoms with Crippen LogP contribution in [0, 0.1) is 5.82 Å². The number of carboxylic acid groups (broad SMARTS) is 1. The van der Waals surface area contributed by atoms with Crippen LogP contribution in [0.3, 0.4) is 0 Å². The fraction of sp³-hybridized carbons (Fsp3) is 0.125. The first-order chi connectivity index (χ1) is 6.43. The average molecular weight is 239 g/mol. The standard InChI is InChI=1S/C8H5Cl2FO3/c9-4-2-6(11)5(10)1-3(4)7(12)8(13)14/h1-2,7,12H,(H,13,14)/t7-/m1/s1. The molecule has 0 unspecified atom stereocenters. The summed E-state index contributed by atoms with van der Waals surface area (Å²) in [5.41, 5.74) is -0.134. The second kappa shape index (κ2) is 4.13. The van der Waals surface area contributed by atoms with Crippen LogP contribution in [-0.4, -0.2) is 16.2 Å². The van der Waals surface area contributed by atoms with E-state index < -0.39 is 17.9 Å². The number of aliphatic hydroxyl groups excluding tert-OH is 1. The minimum absolute atomic E-state index is 0.134. The molecule has 0 heterocycles. The van der Waals surface area contributed by atoms with Gasteiger partial charge in [0.15, 0.2) is 6.10 Å². The summed E-state index contributed by atoms with van der Waals surface area (Å²) >= 11 is 10.9. The molecule has 76 valence electrons. The molecule has 0 bridgehead atoms. The molecule has 2 N–H and O–H groups in total. The number of hydrogen-bond donors (Lipinski definition) is 2. The van der Waals surface area contributed by atoms with E-state index in [9.17, 15) is 9.18 Å². The molecule has 0 amide bonds. The summed E-state index contributed by atoms with van der Waals surface area (Å²) in [7, 11) is 0. The van der Waals surface area contributed by atoms with Crippen LogP contribution < -0.4 is 0 Å². The van der Waals surface area contributed by atoms with Crippen LogP contribution in [0.25, 0.3) is 0 Å². The average Bonchev–Trinajstić information content (AvgIpc) is 2.10. The first-order valence-corrected chi connectivity index (χ1v) is 4.24. The highest BCUT2D eigenvalue weighted by Gasteiger charge is 2.20. The summed E-state index contributed by atoms with van der Waals surface area (Å²) in [4.78, 5) is 10.4. The van der Waals surface area contributed by atoms with Crippen molar-refractivity contribution >= 4 is 29.2 Å². The lowest BCUT2D eigenvalue weighted by molar-refractivity contribution is -0.146. The van der Waals surface area contributed by atoms with Gasteiger partial charge in [-0.25, -0.2) is 9.18 Å². The molecular formula is C8H5Cl2FO3. The normalized spacial score (nSPS) is 12.6. The van der Waals surface area contributed by atoms with Gasteiger partial charge in [0.1, 0.15) is 5.82 Å². The van der Waals surface area contributed by atoms with Crippen molar-refractivity contribution in [3.8, 4) is 0 Å². The Morgan fingerprint density at radius 2 is 1.93 bits per heavy atom. The lowest BCUT2D eigenvalue weighted by Gasteiger charge is -2.08. The van der Waals surface area contributed by atoms with Crippen molar-refractivity contribution < 1.29 is 19.4 Å². The van der Waals surface area contributed by atoms with Crippen LogP contribution in [0.2, 0.25) is 10.0 Å². The van der Waals surface area contributed by atoms with Crippen LogP contribution in [0.4, 0.5) is 4.39 Å². The summed E-state index contributed by atoms with van der Waals surface area (Å²) in [6.07, 6.45) is -1.81. The van der Waals surface area contributed by atoms with Gasteiger partial charge in [-0.2, -0.15) is 0 Å². The van der Waals surface area contributed by atoms with E-state index in [1.807, 2.05) is 0 Å². The van der Waals surface area contributed by atoms with Crippen molar-refractivity contribution in [3.05, 3.63) is 33.6 Å². The molecule has 1 rings (SSSR count). The SMILES string of the molecule is O=C(O)[C@H](O)c1cc(Cl)c(F)cc1Cl. The van der Waals surface area contributed by atoms with Crippen molar-refractivity contribution in [3.63, 3.8) is 0 Å². The summed E-state index contributed by atoms with van der Waals surface area (Å²) in [5, 5.41) is 17.1. The molecule has 0 spiro atoms. The van der Waals surface area contributed by atoms with E-state index in [0.717, 1.165) is 12.1 Å². The Bertz CT molecular complexity index is 381. The van der Waals surface area contributed by atoms with Crippen LogP contribution >= 0.6 is 23.2 Å². The molecule has 14 heavy (non-hydrogen) atoms. The maximum Gasteiger partial charge on any atom is 0.337 e. The molecule has 0 saturated heterocycles. The number of aliphatic carboxylic acids is 1. The monoisotopic (exact) mass is 238 g/mol. The Morgan fingerprint density at radius 1 is 1.36 bits per heavy atom. The van der Waals surface area contributed by atoms with Gasteiger partial charge in [-0.05, 0) is 12.1 Å². The van der Waals surface area contributed by atoms with Gasteiger partial charge >= 0.3 is 5.97 Å². The molecule has 3 nitrogen and oxygen atoms in total. The molecule has 1 aromatic carbocycles. The van der Waals surface area contributed by atoms with Gasteiger partial charge in [-0.3, -0.25) is 0 Å². The number of benzene rings is 1. The van der Waals surface area contributed by atoms with Crippen molar-refractivity contribution in [1.82, 2.24) is 0 Å². The van der Waals surface area contributed by atoms with Gasteiger partial charge in [0.25, 0.3) is 0 Å². The molecular weight excluding hydrogens is 234 g/mol. The van der Waals surface area contributed by atoms with E-state index in [4.69, 9.17) is 33.4 Å². The first kappa shape index (κ1) is 11.2. The largest absolute Gasteiger partial charge is 0.479 e. The Labute approximate surface area is 88.7 Å². The van der Waals surface area contributed by atoms with Gasteiger partial charge in [0, 0.05) is 10.6 Å². The van der Waals surface area contributed by atoms with Gasteiger partial charge in [0.2, 0.25) is 0 Å². The molecule has 0 aliphatic rings. The maximum absolute atomic E-state index is 12.8. The summed E-state index contributed by atoms with van der Waals surface area (Å²) in [6, 6.07) is 1.84. The Morgan fingerprint density at radius 3 is 2.43 bits per heavy atom. The Hall–Kier alpha value is -0.840. The number of halogens is 3. The van der Waals surface area contributed by atoms with E-state index in [-0.39, 0.29) is 15.6 Å². The van der Waals surface area contributed by atoms with E-state index in [0.29, 0.717) is 0 Å². The lowest BCUT2D eigenvalue weighted by atomic mass is 10.1. The molecule has 1 aromatic rings. The highest BCUT2D eigenvalue weighted by molar-refractivity contribution is 6.33. The van der Waals surface area contributed by atoms with E-state index in [1.54, 1.807) is 0 Å². The summed E-state index contributed by atoms with van der Waals surface area (Å²) < 4.78 is 12.8. The second-order valence-corrected chi connectivity index (χ2v) is 3.34. The molecule has 0 aliphatic carbocycles. The van der Waals surface area contributed by atoms with Crippen LogP contribution in [0.5, 0.6) is 0 Å². The number of carboxylic acids is 1. The van der Waals surface area contributed by atoms with Crippen LogP contribution in [-0.2, 0) is 4.79 Å². The highest BCUT2D eigenvalue weighted by Crippen LogP contribution is 2.28. The molecule has 6 heteroatoms. The molecule has 0 aliphatic heterocycles. The maximum atomic E-state index is 12.8. The van der Waals surface area contributed by atoms with E-state index >= 15 is 0 Å². The van der Waals surface area contributed by atoms with Crippen LogP contribution in [0.1, 0.15) is 11.7 Å². The third-order valence-corrected chi connectivity index (χ3v) is 2.19. The first-order valence-electron chi connectivity index (χ1n) is 3.48. The summed E-state index contributed by atoms with van der Waals surface area (Å²) in [5.74, 6) is -2.24. The smallest absolute Gasteiger partial charge is 0.337 e. The van der Waals surface area contributed by atoms with Crippen LogP contribution in [0.15, 0.2) is 12.1 Å². The zero-order chi connectivity index (χ0) is 10.9. The number of carbonyl (C=O) groups is 1. The molecule has 1 atom stereocenters. The van der Waals surface area contributed by atoms with Crippen molar-refractivity contribution in [1.29, 1.82) is 0 Å².